The van der Waals surface area contributed by atoms with E-state index < -0.39 is 30.3 Å². The van der Waals surface area contributed by atoms with Gasteiger partial charge in [0.2, 0.25) is 0 Å². The topological polar surface area (TPSA) is 84.9 Å². The third kappa shape index (κ3) is 6.99. The molecule has 1 amide bonds. The Balaban J connectivity index is 1.37. The Labute approximate surface area is 249 Å². The van der Waals surface area contributed by atoms with Crippen LogP contribution in [0.3, 0.4) is 0 Å². The van der Waals surface area contributed by atoms with Gasteiger partial charge in [-0.1, -0.05) is 65.5 Å². The summed E-state index contributed by atoms with van der Waals surface area (Å²) >= 11 is 0. The van der Waals surface area contributed by atoms with Gasteiger partial charge in [-0.3, -0.25) is 0 Å². The summed E-state index contributed by atoms with van der Waals surface area (Å²) in [6, 6.07) is -1.12. The van der Waals surface area contributed by atoms with E-state index in [9.17, 15) is 14.7 Å². The molecule has 0 aromatic rings. The Bertz CT molecular complexity index is 968. The molecule has 0 bridgehead atoms. The van der Waals surface area contributed by atoms with Crippen molar-refractivity contribution >= 4 is 12.1 Å². The second-order valence-electron chi connectivity index (χ2n) is 16.0. The number of aliphatic hydroxyl groups is 1. The van der Waals surface area contributed by atoms with Gasteiger partial charge in [0, 0.05) is 6.42 Å². The van der Waals surface area contributed by atoms with Crippen molar-refractivity contribution in [2.45, 2.75) is 144 Å². The molecule has 0 radical (unpaired) electrons. The molecule has 6 nitrogen and oxygen atoms in total. The van der Waals surface area contributed by atoms with E-state index in [2.05, 4.69) is 46.0 Å². The number of carbonyl (C=O) groups is 2. The second-order valence-corrected chi connectivity index (χ2v) is 16.0. The van der Waals surface area contributed by atoms with Crippen molar-refractivity contribution in [1.82, 2.24) is 5.32 Å². The van der Waals surface area contributed by atoms with Crippen LogP contribution in [0, 0.1) is 46.3 Å². The molecule has 4 rings (SSSR count). The summed E-state index contributed by atoms with van der Waals surface area (Å²) in [5.41, 5.74) is 1.44. The smallest absolute Gasteiger partial charge is 0.408 e. The molecule has 0 aromatic carbocycles. The van der Waals surface area contributed by atoms with Gasteiger partial charge in [-0.2, -0.15) is 0 Å². The van der Waals surface area contributed by atoms with Gasteiger partial charge in [-0.05, 0) is 112 Å². The number of hydrogen-bond donors (Lipinski definition) is 2. The van der Waals surface area contributed by atoms with Gasteiger partial charge in [0.05, 0.1) is 6.61 Å². The molecule has 3 saturated carbocycles. The Morgan fingerprint density at radius 3 is 2.44 bits per heavy atom. The number of aliphatic hydroxyl groups excluding tert-OH is 1. The molecule has 3 fully saturated rings. The molecule has 0 aliphatic heterocycles. The third-order valence-corrected chi connectivity index (χ3v) is 11.7. The van der Waals surface area contributed by atoms with E-state index in [4.69, 9.17) is 9.47 Å². The van der Waals surface area contributed by atoms with Crippen LogP contribution in [0.4, 0.5) is 4.79 Å². The van der Waals surface area contributed by atoms with E-state index in [0.717, 1.165) is 55.3 Å². The van der Waals surface area contributed by atoms with E-state index in [1.165, 1.54) is 50.5 Å². The Hall–Kier alpha value is -1.56. The van der Waals surface area contributed by atoms with Crippen LogP contribution in [0.5, 0.6) is 0 Å². The van der Waals surface area contributed by atoms with E-state index in [1.807, 2.05) is 0 Å². The fourth-order valence-corrected chi connectivity index (χ4v) is 9.63. The van der Waals surface area contributed by atoms with Crippen LogP contribution in [-0.4, -0.2) is 41.5 Å². The number of esters is 1. The maximum atomic E-state index is 12.9. The molecule has 9 atom stereocenters. The monoisotopic (exact) mass is 573 g/mol. The minimum Gasteiger partial charge on any atom is -0.460 e. The lowest BCUT2D eigenvalue weighted by molar-refractivity contribution is -0.155. The molecule has 4 aliphatic rings. The van der Waals surface area contributed by atoms with E-state index in [-0.39, 0.29) is 11.5 Å². The summed E-state index contributed by atoms with van der Waals surface area (Å²) in [5.74, 6) is 4.21. The number of ether oxygens (including phenoxy) is 2. The lowest BCUT2D eigenvalue weighted by Gasteiger charge is -2.58. The highest BCUT2D eigenvalue weighted by Gasteiger charge is 2.59. The van der Waals surface area contributed by atoms with Gasteiger partial charge in [-0.25, -0.2) is 9.59 Å². The molecule has 0 aromatic heterocycles. The van der Waals surface area contributed by atoms with Crippen LogP contribution in [0.2, 0.25) is 0 Å². The van der Waals surface area contributed by atoms with Gasteiger partial charge in [0.1, 0.15) is 11.7 Å². The quantitative estimate of drug-likeness (QED) is 0.217. The predicted molar refractivity (Wildman–Crippen MR) is 163 cm³/mol. The summed E-state index contributed by atoms with van der Waals surface area (Å²) in [7, 11) is 0. The van der Waals surface area contributed by atoms with Crippen LogP contribution in [0.25, 0.3) is 0 Å². The van der Waals surface area contributed by atoms with Gasteiger partial charge in [0.25, 0.3) is 0 Å². The van der Waals surface area contributed by atoms with E-state index in [1.54, 1.807) is 20.8 Å². The van der Waals surface area contributed by atoms with Crippen molar-refractivity contribution in [3.05, 3.63) is 11.6 Å². The van der Waals surface area contributed by atoms with Crippen molar-refractivity contribution in [3.63, 3.8) is 0 Å². The molecule has 234 valence electrons. The minimum atomic E-state index is -1.12. The highest BCUT2D eigenvalue weighted by atomic mass is 16.6. The van der Waals surface area contributed by atoms with Gasteiger partial charge in [0.15, 0.2) is 6.04 Å². The molecule has 2 N–H and O–H groups in total. The molecule has 6 heteroatoms. The number of nitrogens with one attached hydrogen (secondary N) is 1. The number of hydrogen-bond acceptors (Lipinski definition) is 5. The first-order valence-corrected chi connectivity index (χ1v) is 16.7. The normalized spacial score (nSPS) is 36.3. The van der Waals surface area contributed by atoms with Crippen LogP contribution >= 0.6 is 0 Å². The van der Waals surface area contributed by atoms with Crippen molar-refractivity contribution in [3.8, 4) is 0 Å². The van der Waals surface area contributed by atoms with E-state index >= 15 is 0 Å². The van der Waals surface area contributed by atoms with Gasteiger partial charge < -0.3 is 19.9 Å². The first-order chi connectivity index (χ1) is 19.2. The number of amides is 1. The van der Waals surface area contributed by atoms with Gasteiger partial charge >= 0.3 is 12.1 Å². The van der Waals surface area contributed by atoms with Crippen LogP contribution in [0.1, 0.15) is 126 Å². The molecular formula is C35H59NO5. The Morgan fingerprint density at radius 1 is 1.05 bits per heavy atom. The van der Waals surface area contributed by atoms with Crippen LogP contribution < -0.4 is 5.32 Å². The average Bonchev–Trinajstić information content (AvgIpc) is 3.23. The Kier molecular flexibility index (Phi) is 9.93. The molecular weight excluding hydrogens is 514 g/mol. The van der Waals surface area contributed by atoms with Crippen molar-refractivity contribution in [1.29, 1.82) is 0 Å². The lowest BCUT2D eigenvalue weighted by Crippen LogP contribution is -2.51. The summed E-state index contributed by atoms with van der Waals surface area (Å²) in [6.45, 7) is 17.1. The van der Waals surface area contributed by atoms with Crippen LogP contribution in [-0.2, 0) is 14.3 Å². The van der Waals surface area contributed by atoms with Crippen molar-refractivity contribution in [2.75, 3.05) is 6.61 Å². The fraction of sp³-hybridized carbons (Fsp3) is 0.886. The largest absolute Gasteiger partial charge is 0.460 e. The van der Waals surface area contributed by atoms with Crippen molar-refractivity contribution in [2.24, 2.45) is 46.3 Å². The third-order valence-electron chi connectivity index (χ3n) is 11.7. The SMILES string of the molecule is CC(C)CCC[C@@H](C)[C@H]1CCC2C3CC=C4C[C@@H](OC(=O)C(CO)NC(=O)OC(C)(C)C)CC[C@]4(C)C3CC[C@@]21C. The summed E-state index contributed by atoms with van der Waals surface area (Å²) in [6.07, 6.45) is 14.9. The van der Waals surface area contributed by atoms with Gasteiger partial charge in [-0.15, -0.1) is 0 Å². The fourth-order valence-electron chi connectivity index (χ4n) is 9.63. The number of rotatable bonds is 9. The number of allylic oxidation sites excluding steroid dienone is 1. The number of alkyl carbamates (subject to hydrolysis) is 1. The molecule has 41 heavy (non-hydrogen) atoms. The molecule has 0 spiro atoms. The number of carbonyl (C=O) groups excluding carboxylic acids is 2. The lowest BCUT2D eigenvalue weighted by atomic mass is 9.47. The first kappa shape index (κ1) is 32.4. The maximum absolute atomic E-state index is 12.9. The van der Waals surface area contributed by atoms with Crippen molar-refractivity contribution < 1.29 is 24.2 Å². The summed E-state index contributed by atoms with van der Waals surface area (Å²) in [5, 5.41) is 12.2. The van der Waals surface area contributed by atoms with E-state index in [0.29, 0.717) is 11.3 Å². The number of fused-ring (bicyclic) bond motifs is 5. The zero-order valence-electron chi connectivity index (χ0n) is 27.3. The first-order valence-electron chi connectivity index (χ1n) is 16.7. The molecule has 0 heterocycles. The maximum Gasteiger partial charge on any atom is 0.408 e. The zero-order valence-corrected chi connectivity index (χ0v) is 27.3. The Morgan fingerprint density at radius 2 is 1.78 bits per heavy atom. The summed E-state index contributed by atoms with van der Waals surface area (Å²) in [4.78, 5) is 25.0. The highest BCUT2D eigenvalue weighted by molar-refractivity contribution is 5.81. The average molecular weight is 574 g/mol. The molecule has 4 aliphatic carbocycles. The molecule has 4 unspecified atom stereocenters. The second kappa shape index (κ2) is 12.6. The molecule has 0 saturated heterocycles. The zero-order chi connectivity index (χ0) is 30.2. The summed E-state index contributed by atoms with van der Waals surface area (Å²) < 4.78 is 11.1. The highest BCUT2D eigenvalue weighted by Crippen LogP contribution is 2.67. The predicted octanol–water partition coefficient (Wildman–Crippen LogP) is 7.83. The standard InChI is InChI=1S/C35H59NO5/c1-22(2)10-9-11-23(3)27-14-15-28-26-13-12-24-20-25(16-18-34(24,7)29(26)17-19-35(27,28)8)40-31(38)30(21-37)36-32(39)41-33(4,5)6/h12,22-23,25-30,37H,9-11,13-21H2,1-8H3,(H,36,39)/t23-,25+,26?,27-,28?,29?,30?,34+,35-/m1/s1. The van der Waals surface area contributed by atoms with Crippen LogP contribution in [0.15, 0.2) is 11.6 Å². The minimum absolute atomic E-state index is 0.180.